The fraction of sp³-hybridized carbons (Fsp3) is 0.0833. The molecule has 1 heterocycles. The molecule has 2 rings (SSSR count). The third-order valence-corrected chi connectivity index (χ3v) is 2.93. The Labute approximate surface area is 110 Å². The molecule has 1 N–H and O–H groups in total. The van der Waals surface area contributed by atoms with Gasteiger partial charge in [-0.05, 0) is 17.7 Å². The minimum atomic E-state index is -0.653. The number of hydrogen-bond acceptors (Lipinski definition) is 3. The summed E-state index contributed by atoms with van der Waals surface area (Å²) in [4.78, 5) is 29.1. The lowest BCUT2D eigenvalue weighted by atomic mass is 10.0. The standard InChI is InChI=1S/C12H8BrFN2O2/c13-4-11(17)8-2-1-7(3-10(8)14)9-5-15-6-16-12(9)18/h1-3,5-6H,4H2,(H,15,16,18). The maximum absolute atomic E-state index is 13.7. The Hall–Kier alpha value is -1.82. The molecule has 4 nitrogen and oxygen atoms in total. The number of alkyl halides is 1. The quantitative estimate of drug-likeness (QED) is 0.698. The number of nitrogens with zero attached hydrogens (tertiary/aromatic N) is 1. The summed E-state index contributed by atoms with van der Waals surface area (Å²) in [7, 11) is 0. The van der Waals surface area contributed by atoms with Crippen molar-refractivity contribution in [3.63, 3.8) is 0 Å². The number of aromatic amines is 1. The minimum Gasteiger partial charge on any atom is -0.313 e. The molecule has 0 radical (unpaired) electrons. The molecular formula is C12H8BrFN2O2. The molecular weight excluding hydrogens is 303 g/mol. The Morgan fingerprint density at radius 1 is 1.44 bits per heavy atom. The van der Waals surface area contributed by atoms with Crippen LogP contribution in [0.5, 0.6) is 0 Å². The number of hydrogen-bond donors (Lipinski definition) is 1. The largest absolute Gasteiger partial charge is 0.313 e. The van der Waals surface area contributed by atoms with E-state index in [9.17, 15) is 14.0 Å². The minimum absolute atomic E-state index is 0.00376. The normalized spacial score (nSPS) is 10.3. The summed E-state index contributed by atoms with van der Waals surface area (Å²) >= 11 is 2.98. The van der Waals surface area contributed by atoms with E-state index >= 15 is 0 Å². The Morgan fingerprint density at radius 2 is 2.22 bits per heavy atom. The molecule has 0 unspecified atom stereocenters. The molecule has 0 aliphatic carbocycles. The van der Waals surface area contributed by atoms with Gasteiger partial charge in [0, 0.05) is 6.20 Å². The third kappa shape index (κ3) is 2.38. The molecule has 1 aromatic heterocycles. The second-order valence-electron chi connectivity index (χ2n) is 3.55. The van der Waals surface area contributed by atoms with Crippen molar-refractivity contribution in [1.82, 2.24) is 9.97 Å². The molecule has 0 fully saturated rings. The Bertz CT molecular complexity index is 655. The predicted molar refractivity (Wildman–Crippen MR) is 68.4 cm³/mol. The number of aromatic nitrogens is 2. The van der Waals surface area contributed by atoms with E-state index in [1.54, 1.807) is 0 Å². The number of benzene rings is 1. The van der Waals surface area contributed by atoms with Crippen LogP contribution in [-0.2, 0) is 0 Å². The number of nitrogens with one attached hydrogen (secondary N) is 1. The summed E-state index contributed by atoms with van der Waals surface area (Å²) < 4.78 is 13.7. The van der Waals surface area contributed by atoms with E-state index in [0.29, 0.717) is 5.56 Å². The van der Waals surface area contributed by atoms with Crippen molar-refractivity contribution < 1.29 is 9.18 Å². The zero-order valence-corrected chi connectivity index (χ0v) is 10.7. The lowest BCUT2D eigenvalue weighted by Crippen LogP contribution is -2.09. The average Bonchev–Trinajstić information content (AvgIpc) is 2.38. The van der Waals surface area contributed by atoms with Crippen molar-refractivity contribution in [3.8, 4) is 11.1 Å². The van der Waals surface area contributed by atoms with Crippen molar-refractivity contribution in [2.24, 2.45) is 0 Å². The highest BCUT2D eigenvalue weighted by Gasteiger charge is 2.12. The number of ketones is 1. The molecule has 0 atom stereocenters. The smallest absolute Gasteiger partial charge is 0.258 e. The highest BCUT2D eigenvalue weighted by Crippen LogP contribution is 2.19. The molecule has 0 amide bonds. The van der Waals surface area contributed by atoms with Gasteiger partial charge in [-0.2, -0.15) is 0 Å². The summed E-state index contributed by atoms with van der Waals surface area (Å²) in [6, 6.07) is 4.04. The number of Topliss-reactive ketones (excluding diaryl/α,β-unsaturated/α-hetero) is 1. The zero-order chi connectivity index (χ0) is 13.1. The van der Waals surface area contributed by atoms with E-state index in [-0.39, 0.29) is 27.8 Å². The van der Waals surface area contributed by atoms with E-state index in [1.165, 1.54) is 24.7 Å². The van der Waals surface area contributed by atoms with Crippen LogP contribution >= 0.6 is 15.9 Å². The Morgan fingerprint density at radius 3 is 2.83 bits per heavy atom. The predicted octanol–water partition coefficient (Wildman–Crippen LogP) is 2.15. The van der Waals surface area contributed by atoms with E-state index in [1.807, 2.05) is 0 Å². The first kappa shape index (κ1) is 12.6. The molecule has 2 aromatic rings. The lowest BCUT2D eigenvalue weighted by Gasteiger charge is -2.03. The molecule has 92 valence electrons. The molecule has 0 aliphatic rings. The molecule has 0 spiro atoms. The summed E-state index contributed by atoms with van der Waals surface area (Å²) in [6.45, 7) is 0. The summed E-state index contributed by atoms with van der Waals surface area (Å²) in [5.41, 5.74) is 0.280. The van der Waals surface area contributed by atoms with E-state index in [0.717, 1.165) is 6.07 Å². The van der Waals surface area contributed by atoms with E-state index < -0.39 is 5.82 Å². The maximum Gasteiger partial charge on any atom is 0.258 e. The van der Waals surface area contributed by atoms with Crippen LogP contribution in [0.25, 0.3) is 11.1 Å². The molecule has 0 saturated carbocycles. The summed E-state index contributed by atoms with van der Waals surface area (Å²) in [5.74, 6) is -1.00. The van der Waals surface area contributed by atoms with Crippen LogP contribution in [0.2, 0.25) is 0 Å². The van der Waals surface area contributed by atoms with Gasteiger partial charge >= 0.3 is 0 Å². The van der Waals surface area contributed by atoms with Crippen LogP contribution < -0.4 is 5.56 Å². The average molecular weight is 311 g/mol. The van der Waals surface area contributed by atoms with Gasteiger partial charge < -0.3 is 4.98 Å². The first-order valence-corrected chi connectivity index (χ1v) is 6.17. The lowest BCUT2D eigenvalue weighted by molar-refractivity contribution is 0.102. The fourth-order valence-corrected chi connectivity index (χ4v) is 1.83. The van der Waals surface area contributed by atoms with E-state index in [4.69, 9.17) is 0 Å². The number of carbonyl (C=O) groups excluding carboxylic acids is 1. The number of H-pyrrole nitrogens is 1. The monoisotopic (exact) mass is 310 g/mol. The second-order valence-corrected chi connectivity index (χ2v) is 4.11. The first-order chi connectivity index (χ1) is 8.63. The molecule has 1 aromatic carbocycles. The van der Waals surface area contributed by atoms with Gasteiger partial charge in [-0.3, -0.25) is 9.59 Å². The third-order valence-electron chi connectivity index (χ3n) is 2.42. The van der Waals surface area contributed by atoms with Crippen molar-refractivity contribution in [1.29, 1.82) is 0 Å². The molecule has 6 heteroatoms. The molecule has 18 heavy (non-hydrogen) atoms. The van der Waals surface area contributed by atoms with Gasteiger partial charge in [-0.15, -0.1) is 0 Å². The zero-order valence-electron chi connectivity index (χ0n) is 9.11. The fourth-order valence-electron chi connectivity index (χ4n) is 1.53. The van der Waals surface area contributed by atoms with Crippen LogP contribution in [0.15, 0.2) is 35.5 Å². The van der Waals surface area contributed by atoms with Gasteiger partial charge in [-0.1, -0.05) is 22.0 Å². The number of rotatable bonds is 3. The van der Waals surface area contributed by atoms with Gasteiger partial charge in [-0.25, -0.2) is 9.37 Å². The number of halogens is 2. The number of carbonyl (C=O) groups is 1. The van der Waals surface area contributed by atoms with Crippen LogP contribution in [0.1, 0.15) is 10.4 Å². The van der Waals surface area contributed by atoms with Crippen LogP contribution in [0.3, 0.4) is 0 Å². The van der Waals surface area contributed by atoms with Gasteiger partial charge in [0.25, 0.3) is 5.56 Å². The van der Waals surface area contributed by atoms with Gasteiger partial charge in [0.15, 0.2) is 5.78 Å². The van der Waals surface area contributed by atoms with Crippen molar-refractivity contribution in [3.05, 3.63) is 52.5 Å². The molecule has 0 saturated heterocycles. The SMILES string of the molecule is O=C(CBr)c1ccc(-c2cnc[nH]c2=O)cc1F. The van der Waals surface area contributed by atoms with Crippen LogP contribution in [0.4, 0.5) is 4.39 Å². The second kappa shape index (κ2) is 5.22. The Balaban J connectivity index is 2.50. The maximum atomic E-state index is 13.7. The Kier molecular flexibility index (Phi) is 3.66. The first-order valence-electron chi connectivity index (χ1n) is 5.05. The van der Waals surface area contributed by atoms with Gasteiger partial charge in [0.2, 0.25) is 0 Å². The molecule has 0 aliphatic heterocycles. The van der Waals surface area contributed by atoms with Gasteiger partial charge in [0.1, 0.15) is 5.82 Å². The summed E-state index contributed by atoms with van der Waals surface area (Å²) in [5, 5.41) is 0.0523. The van der Waals surface area contributed by atoms with Crippen molar-refractivity contribution in [2.45, 2.75) is 0 Å². The molecule has 0 bridgehead atoms. The highest BCUT2D eigenvalue weighted by atomic mass is 79.9. The summed E-state index contributed by atoms with van der Waals surface area (Å²) in [6.07, 6.45) is 2.60. The van der Waals surface area contributed by atoms with Crippen LogP contribution in [0, 0.1) is 5.82 Å². The van der Waals surface area contributed by atoms with E-state index in [2.05, 4.69) is 25.9 Å². The van der Waals surface area contributed by atoms with Gasteiger partial charge in [0.05, 0.1) is 22.8 Å². The highest BCUT2D eigenvalue weighted by molar-refractivity contribution is 9.09. The van der Waals surface area contributed by atoms with Crippen molar-refractivity contribution >= 4 is 21.7 Å². The topological polar surface area (TPSA) is 62.8 Å². The van der Waals surface area contributed by atoms with Crippen LogP contribution in [-0.4, -0.2) is 21.1 Å². The van der Waals surface area contributed by atoms with Crippen molar-refractivity contribution in [2.75, 3.05) is 5.33 Å².